The first-order valence-corrected chi connectivity index (χ1v) is 14.2. The zero-order valence-electron chi connectivity index (χ0n) is 20.4. The van der Waals surface area contributed by atoms with E-state index in [-0.39, 0.29) is 32.9 Å². The van der Waals surface area contributed by atoms with Gasteiger partial charge in [0.05, 0.1) is 11.5 Å². The van der Waals surface area contributed by atoms with Crippen molar-refractivity contribution in [3.05, 3.63) is 93.6 Å². The zero-order valence-corrected chi connectivity index (χ0v) is 22.7. The van der Waals surface area contributed by atoms with Gasteiger partial charge in [-0.2, -0.15) is 8.78 Å². The number of H-pyrrole nitrogens is 1. The van der Waals surface area contributed by atoms with Crippen LogP contribution in [0.2, 0.25) is 10.0 Å². The van der Waals surface area contributed by atoms with E-state index in [1.54, 1.807) is 18.2 Å². The molecule has 0 saturated heterocycles. The van der Waals surface area contributed by atoms with Crippen molar-refractivity contribution in [2.24, 2.45) is 5.92 Å². The number of halogens is 4. The number of hydrogen-bond acceptors (Lipinski definition) is 6. The summed E-state index contributed by atoms with van der Waals surface area (Å²) in [5.41, 5.74) is 0.819. The van der Waals surface area contributed by atoms with Crippen LogP contribution in [0.25, 0.3) is 0 Å². The number of benzene rings is 2. The topological polar surface area (TPSA) is 93.0 Å². The molecule has 2 aromatic carbocycles. The number of sulfone groups is 1. The molecule has 1 N–H and O–H groups in total. The predicted molar refractivity (Wildman–Crippen MR) is 140 cm³/mol. The van der Waals surface area contributed by atoms with Gasteiger partial charge in [0, 0.05) is 23.5 Å². The van der Waals surface area contributed by atoms with Crippen molar-refractivity contribution in [2.75, 3.05) is 6.61 Å². The van der Waals surface area contributed by atoms with Crippen molar-refractivity contribution in [3.8, 4) is 11.5 Å². The fourth-order valence-corrected chi connectivity index (χ4v) is 5.14. The quantitative estimate of drug-likeness (QED) is 0.187. The van der Waals surface area contributed by atoms with E-state index in [2.05, 4.69) is 9.72 Å². The molecule has 0 unspecified atom stereocenters. The fraction of sp³-hybridized carbons (Fsp3) is 0.259. The first kappa shape index (κ1) is 28.8. The Morgan fingerprint density at radius 1 is 1.05 bits per heavy atom. The van der Waals surface area contributed by atoms with Crippen LogP contribution in [0.3, 0.4) is 0 Å². The minimum atomic E-state index is -3.90. The van der Waals surface area contributed by atoms with Gasteiger partial charge in [-0.15, -0.1) is 0 Å². The highest BCUT2D eigenvalue weighted by molar-refractivity contribution is 7.94. The monoisotopic (exact) mass is 598 g/mol. The molecule has 1 atom stereocenters. The second-order valence-corrected chi connectivity index (χ2v) is 11.4. The van der Waals surface area contributed by atoms with Crippen LogP contribution in [0.5, 0.6) is 11.5 Å². The number of carbonyl (C=O) groups excluding carboxylic acids is 1. The predicted octanol–water partition coefficient (Wildman–Crippen LogP) is 6.01. The number of nitrogens with one attached hydrogen (secondary N) is 1. The van der Waals surface area contributed by atoms with Gasteiger partial charge in [0.2, 0.25) is 0 Å². The molecule has 1 aliphatic rings. The Kier molecular flexibility index (Phi) is 9.42. The third-order valence-electron chi connectivity index (χ3n) is 5.83. The number of pyridine rings is 1. The summed E-state index contributed by atoms with van der Waals surface area (Å²) in [5.74, 6) is -0.737. The third-order valence-corrected chi connectivity index (χ3v) is 7.92. The van der Waals surface area contributed by atoms with Crippen LogP contribution >= 0.6 is 23.2 Å². The van der Waals surface area contributed by atoms with Crippen LogP contribution in [0.15, 0.2) is 77.3 Å². The Balaban J connectivity index is 1.63. The van der Waals surface area contributed by atoms with E-state index in [0.717, 1.165) is 24.3 Å². The summed E-state index contributed by atoms with van der Waals surface area (Å²) in [4.78, 5) is 15.6. The van der Waals surface area contributed by atoms with Crippen LogP contribution < -0.4 is 14.5 Å². The highest BCUT2D eigenvalue weighted by Gasteiger charge is 2.26. The minimum absolute atomic E-state index is 0.00548. The number of aromatic amines is 1. The van der Waals surface area contributed by atoms with Gasteiger partial charge in [-0.05, 0) is 48.6 Å². The maximum Gasteiger partial charge on any atom is 0.387 e. The Hall–Kier alpha value is -3.21. The van der Waals surface area contributed by atoms with Gasteiger partial charge in [0.1, 0.15) is 16.1 Å². The van der Waals surface area contributed by atoms with Crippen LogP contribution in [-0.4, -0.2) is 27.6 Å². The van der Waals surface area contributed by atoms with Crippen molar-refractivity contribution in [2.45, 2.75) is 36.9 Å². The van der Waals surface area contributed by atoms with E-state index in [9.17, 15) is 22.0 Å². The number of aromatic nitrogens is 1. The third kappa shape index (κ3) is 8.14. The number of rotatable bonds is 12. The smallest absolute Gasteiger partial charge is 0.387 e. The first-order chi connectivity index (χ1) is 18.6. The molecule has 0 bridgehead atoms. The second-order valence-electron chi connectivity index (χ2n) is 8.76. The molecule has 3 aromatic rings. The molecule has 206 valence electrons. The molecule has 0 amide bonds. The van der Waals surface area contributed by atoms with E-state index in [1.807, 2.05) is 0 Å². The lowest BCUT2D eigenvalue weighted by molar-refractivity contribution is -0.377. The van der Waals surface area contributed by atoms with Crippen molar-refractivity contribution in [1.82, 2.24) is 0 Å². The van der Waals surface area contributed by atoms with Gasteiger partial charge in [-0.3, -0.25) is 0 Å². The van der Waals surface area contributed by atoms with Crippen molar-refractivity contribution >= 4 is 39.0 Å². The maximum atomic E-state index is 13.0. The summed E-state index contributed by atoms with van der Waals surface area (Å²) in [6.45, 7) is -2.75. The van der Waals surface area contributed by atoms with Gasteiger partial charge in [-0.25, -0.2) is 18.2 Å². The number of hydrogen-bond donors (Lipinski definition) is 0. The van der Waals surface area contributed by atoms with E-state index in [4.69, 9.17) is 32.7 Å². The standard InChI is InChI=1S/C27H23Cl2F2NO6S/c28-21-14-32-15-22(29)20(21)13-24(37-26(33)10-11-39(34,35)19-4-2-1-3-5-19)18-8-9-23(38-27(30)31)25(12-18)36-16-17-6-7-17/h1-5,8-12,14-15,17,24,27H,6-7,13,16H2/p+1/b11-10+/t24-/m0/s1. The molecular formula is C27H24Cl2F2NO6S+. The summed E-state index contributed by atoms with van der Waals surface area (Å²) in [7, 11) is -3.90. The lowest BCUT2D eigenvalue weighted by Gasteiger charge is -2.20. The van der Waals surface area contributed by atoms with Crippen LogP contribution in [-0.2, 0) is 25.8 Å². The molecule has 0 spiro atoms. The molecule has 1 fully saturated rings. The van der Waals surface area contributed by atoms with E-state index >= 15 is 0 Å². The van der Waals surface area contributed by atoms with E-state index in [1.165, 1.54) is 42.7 Å². The van der Waals surface area contributed by atoms with E-state index in [0.29, 0.717) is 23.7 Å². The Bertz CT molecular complexity index is 1430. The summed E-state index contributed by atoms with van der Waals surface area (Å²) < 4.78 is 67.1. The molecule has 1 aromatic heterocycles. The number of ether oxygens (including phenoxy) is 3. The lowest BCUT2D eigenvalue weighted by Crippen LogP contribution is -2.15. The lowest BCUT2D eigenvalue weighted by atomic mass is 10.0. The van der Waals surface area contributed by atoms with Crippen LogP contribution in [0.4, 0.5) is 8.78 Å². The largest absolute Gasteiger partial charge is 0.489 e. The number of carbonyl (C=O) groups is 1. The first-order valence-electron chi connectivity index (χ1n) is 11.9. The van der Waals surface area contributed by atoms with Crippen molar-refractivity contribution < 1.29 is 41.2 Å². The number of esters is 1. The average Bonchev–Trinajstić information content (AvgIpc) is 3.73. The summed E-state index contributed by atoms with van der Waals surface area (Å²) in [6.07, 6.45) is 4.71. The second kappa shape index (κ2) is 12.8. The molecule has 0 radical (unpaired) electrons. The summed E-state index contributed by atoms with van der Waals surface area (Å²) >= 11 is 12.6. The maximum absolute atomic E-state index is 13.0. The molecule has 1 saturated carbocycles. The van der Waals surface area contributed by atoms with Gasteiger partial charge in [-0.1, -0.05) is 47.5 Å². The van der Waals surface area contributed by atoms with E-state index < -0.39 is 28.5 Å². The fourth-order valence-electron chi connectivity index (χ4n) is 3.62. The SMILES string of the molecule is O=C(/C=C/S(=O)(=O)c1ccccc1)O[C@@H](Cc1c(Cl)c[nH+]cc1Cl)c1ccc(OC(F)F)c(OCC2CC2)c1. The molecule has 1 aliphatic carbocycles. The molecule has 1 heterocycles. The van der Waals surface area contributed by atoms with Gasteiger partial charge >= 0.3 is 12.6 Å². The summed E-state index contributed by atoms with van der Waals surface area (Å²) in [5, 5.41) is 1.30. The summed E-state index contributed by atoms with van der Waals surface area (Å²) in [6, 6.07) is 11.8. The minimum Gasteiger partial charge on any atom is -0.489 e. The highest BCUT2D eigenvalue weighted by atomic mass is 35.5. The average molecular weight is 599 g/mol. The van der Waals surface area contributed by atoms with Crippen molar-refractivity contribution in [3.63, 3.8) is 0 Å². The normalized spacial score (nSPS) is 14.4. The Labute approximate surface area is 234 Å². The molecule has 7 nitrogen and oxygen atoms in total. The highest BCUT2D eigenvalue weighted by Crippen LogP contribution is 2.37. The Morgan fingerprint density at radius 3 is 2.38 bits per heavy atom. The number of alkyl halides is 2. The molecule has 4 rings (SSSR count). The molecule has 12 heteroatoms. The molecule has 0 aliphatic heterocycles. The van der Waals surface area contributed by atoms with Crippen LogP contribution in [0.1, 0.15) is 30.1 Å². The van der Waals surface area contributed by atoms with Gasteiger partial charge < -0.3 is 14.2 Å². The van der Waals surface area contributed by atoms with Crippen LogP contribution in [0, 0.1) is 5.92 Å². The zero-order chi connectivity index (χ0) is 28.0. The van der Waals surface area contributed by atoms with Gasteiger partial charge in [0.15, 0.2) is 33.7 Å². The molecule has 39 heavy (non-hydrogen) atoms. The van der Waals surface area contributed by atoms with Crippen molar-refractivity contribution in [1.29, 1.82) is 0 Å². The molecular weight excluding hydrogens is 575 g/mol. The van der Waals surface area contributed by atoms with Gasteiger partial charge in [0.25, 0.3) is 0 Å². The Morgan fingerprint density at radius 2 is 1.74 bits per heavy atom.